The van der Waals surface area contributed by atoms with Gasteiger partial charge in [-0.1, -0.05) is 6.07 Å². The lowest BCUT2D eigenvalue weighted by molar-refractivity contribution is -0.125. The Hall–Kier alpha value is -1.40. The zero-order valence-electron chi connectivity index (χ0n) is 10.2. The van der Waals surface area contributed by atoms with E-state index in [1.807, 2.05) is 29.6 Å². The van der Waals surface area contributed by atoms with Crippen molar-refractivity contribution in [3.63, 3.8) is 0 Å². The molecule has 1 aliphatic rings. The molecule has 0 bridgehead atoms. The predicted molar refractivity (Wildman–Crippen MR) is 77.5 cm³/mol. The van der Waals surface area contributed by atoms with Gasteiger partial charge in [-0.15, -0.1) is 11.3 Å². The summed E-state index contributed by atoms with van der Waals surface area (Å²) in [5.74, 6) is 1.16. The number of pyridine rings is 1. The predicted octanol–water partition coefficient (Wildman–Crippen LogP) is 3.22. The molecule has 1 atom stereocenters. The van der Waals surface area contributed by atoms with Crippen molar-refractivity contribution in [1.82, 2.24) is 4.98 Å². The van der Waals surface area contributed by atoms with E-state index in [1.165, 1.54) is 0 Å². The molecule has 0 saturated heterocycles. The highest BCUT2D eigenvalue weighted by molar-refractivity contribution is 9.10. The molecule has 2 aromatic rings. The van der Waals surface area contributed by atoms with Crippen LogP contribution in [0.25, 0.3) is 0 Å². The topological polar surface area (TPSA) is 42.4 Å². The molecule has 1 amide bonds. The number of ether oxygens (including phenoxy) is 1. The van der Waals surface area contributed by atoms with Crippen LogP contribution >= 0.6 is 27.3 Å². The van der Waals surface area contributed by atoms with E-state index in [0.29, 0.717) is 22.7 Å². The highest BCUT2D eigenvalue weighted by Crippen LogP contribution is 2.34. The van der Waals surface area contributed by atoms with Crippen molar-refractivity contribution in [2.45, 2.75) is 19.6 Å². The first-order chi connectivity index (χ1) is 9.15. The number of carbonyl (C=O) groups excluding carboxylic acids is 1. The van der Waals surface area contributed by atoms with Gasteiger partial charge in [-0.05, 0) is 46.4 Å². The summed E-state index contributed by atoms with van der Waals surface area (Å²) < 4.78 is 6.27. The summed E-state index contributed by atoms with van der Waals surface area (Å²) in [6.45, 7) is 2.29. The van der Waals surface area contributed by atoms with E-state index in [1.54, 1.807) is 23.2 Å². The summed E-state index contributed by atoms with van der Waals surface area (Å²) in [4.78, 5) is 19.4. The molecule has 0 aromatic carbocycles. The standard InChI is InChI=1S/C13H11BrN2O2S/c1-8-13(17)16(7-9-3-2-6-19-9)12-10(18-8)4-5-11(14)15-12/h2-6,8H,7H2,1H3. The Balaban J connectivity index is 2.01. The second-order valence-corrected chi connectivity index (χ2v) is 6.06. The molecule has 3 rings (SSSR count). The van der Waals surface area contributed by atoms with Crippen LogP contribution in [-0.2, 0) is 11.3 Å². The lowest BCUT2D eigenvalue weighted by Crippen LogP contribution is -2.44. The van der Waals surface area contributed by atoms with Gasteiger partial charge < -0.3 is 4.74 Å². The number of halogens is 1. The molecule has 6 heteroatoms. The zero-order chi connectivity index (χ0) is 13.4. The minimum absolute atomic E-state index is 0.0634. The quantitative estimate of drug-likeness (QED) is 0.789. The van der Waals surface area contributed by atoms with Crippen LogP contribution in [0.5, 0.6) is 5.75 Å². The second-order valence-electron chi connectivity index (χ2n) is 4.22. The number of hydrogen-bond donors (Lipinski definition) is 0. The van der Waals surface area contributed by atoms with Crippen LogP contribution in [0.3, 0.4) is 0 Å². The highest BCUT2D eigenvalue weighted by atomic mass is 79.9. The SMILES string of the molecule is CC1Oc2ccc(Br)nc2N(Cc2cccs2)C1=O. The molecule has 1 unspecified atom stereocenters. The number of rotatable bonds is 2. The third kappa shape index (κ3) is 2.37. The average molecular weight is 339 g/mol. The minimum Gasteiger partial charge on any atom is -0.477 e. The van der Waals surface area contributed by atoms with Crippen molar-refractivity contribution in [1.29, 1.82) is 0 Å². The highest BCUT2D eigenvalue weighted by Gasteiger charge is 2.32. The van der Waals surface area contributed by atoms with Crippen molar-refractivity contribution in [2.24, 2.45) is 0 Å². The lowest BCUT2D eigenvalue weighted by Gasteiger charge is -2.31. The van der Waals surface area contributed by atoms with Gasteiger partial charge in [0.05, 0.1) is 6.54 Å². The summed E-state index contributed by atoms with van der Waals surface area (Å²) >= 11 is 4.95. The Morgan fingerprint density at radius 1 is 1.47 bits per heavy atom. The molecule has 0 aliphatic carbocycles. The van der Waals surface area contributed by atoms with Crippen LogP contribution in [0.4, 0.5) is 5.82 Å². The van der Waals surface area contributed by atoms with E-state index >= 15 is 0 Å². The largest absolute Gasteiger partial charge is 0.477 e. The van der Waals surface area contributed by atoms with Gasteiger partial charge in [0.15, 0.2) is 17.7 Å². The molecule has 0 radical (unpaired) electrons. The van der Waals surface area contributed by atoms with Crippen LogP contribution in [0.1, 0.15) is 11.8 Å². The third-order valence-corrected chi connectivity index (χ3v) is 4.18. The maximum Gasteiger partial charge on any atom is 0.269 e. The lowest BCUT2D eigenvalue weighted by atomic mass is 10.2. The van der Waals surface area contributed by atoms with Gasteiger partial charge in [0.25, 0.3) is 5.91 Å². The van der Waals surface area contributed by atoms with Crippen molar-refractivity contribution >= 4 is 39.0 Å². The molecular weight excluding hydrogens is 328 g/mol. The van der Waals surface area contributed by atoms with Crippen LogP contribution < -0.4 is 9.64 Å². The van der Waals surface area contributed by atoms with E-state index < -0.39 is 6.10 Å². The number of anilines is 1. The van der Waals surface area contributed by atoms with E-state index in [0.717, 1.165) is 4.88 Å². The van der Waals surface area contributed by atoms with Gasteiger partial charge in [0.2, 0.25) is 0 Å². The second kappa shape index (κ2) is 4.94. The number of thiophene rings is 1. The molecule has 4 nitrogen and oxygen atoms in total. The Bertz CT molecular complexity index is 615. The van der Waals surface area contributed by atoms with Crippen LogP contribution in [0.2, 0.25) is 0 Å². The first kappa shape index (κ1) is 12.6. The Labute approximate surface area is 123 Å². The van der Waals surface area contributed by atoms with Crippen molar-refractivity contribution in [2.75, 3.05) is 4.90 Å². The maximum absolute atomic E-state index is 12.3. The Morgan fingerprint density at radius 3 is 3.05 bits per heavy atom. The van der Waals surface area contributed by atoms with Crippen LogP contribution in [-0.4, -0.2) is 17.0 Å². The van der Waals surface area contributed by atoms with Crippen molar-refractivity contribution in [3.05, 3.63) is 39.1 Å². The van der Waals surface area contributed by atoms with Gasteiger partial charge in [-0.3, -0.25) is 9.69 Å². The zero-order valence-corrected chi connectivity index (χ0v) is 12.6. The van der Waals surface area contributed by atoms with E-state index in [-0.39, 0.29) is 5.91 Å². The summed E-state index contributed by atoms with van der Waals surface area (Å²) in [6.07, 6.45) is -0.476. The fourth-order valence-electron chi connectivity index (χ4n) is 1.97. The molecule has 3 heterocycles. The van der Waals surface area contributed by atoms with Gasteiger partial charge in [0, 0.05) is 4.88 Å². The Morgan fingerprint density at radius 2 is 2.32 bits per heavy atom. The summed E-state index contributed by atoms with van der Waals surface area (Å²) in [5.41, 5.74) is 0. The molecule has 2 aromatic heterocycles. The third-order valence-electron chi connectivity index (χ3n) is 2.87. The number of aromatic nitrogens is 1. The summed E-state index contributed by atoms with van der Waals surface area (Å²) in [6, 6.07) is 7.63. The van der Waals surface area contributed by atoms with E-state index in [9.17, 15) is 4.79 Å². The fourth-order valence-corrected chi connectivity index (χ4v) is 2.97. The Kier molecular flexibility index (Phi) is 3.28. The van der Waals surface area contributed by atoms with Crippen molar-refractivity contribution in [3.8, 4) is 5.75 Å². The molecule has 0 fully saturated rings. The van der Waals surface area contributed by atoms with Gasteiger partial charge in [-0.25, -0.2) is 4.98 Å². The van der Waals surface area contributed by atoms with E-state index in [2.05, 4.69) is 20.9 Å². The first-order valence-electron chi connectivity index (χ1n) is 5.82. The number of nitrogens with zero attached hydrogens (tertiary/aromatic N) is 2. The minimum atomic E-state index is -0.476. The van der Waals surface area contributed by atoms with Gasteiger partial charge >= 0.3 is 0 Å². The smallest absolute Gasteiger partial charge is 0.269 e. The van der Waals surface area contributed by atoms with Crippen LogP contribution in [0.15, 0.2) is 34.2 Å². The molecule has 0 saturated carbocycles. The molecule has 19 heavy (non-hydrogen) atoms. The molecular formula is C13H11BrN2O2S. The van der Waals surface area contributed by atoms with Gasteiger partial charge in [0.1, 0.15) is 4.60 Å². The normalized spacial score (nSPS) is 18.1. The summed E-state index contributed by atoms with van der Waals surface area (Å²) in [7, 11) is 0. The number of fused-ring (bicyclic) bond motifs is 1. The number of hydrogen-bond acceptors (Lipinski definition) is 4. The fraction of sp³-hybridized carbons (Fsp3) is 0.231. The monoisotopic (exact) mass is 338 g/mol. The molecule has 0 spiro atoms. The number of amides is 1. The average Bonchev–Trinajstić information content (AvgIpc) is 2.89. The van der Waals surface area contributed by atoms with Crippen molar-refractivity contribution < 1.29 is 9.53 Å². The number of carbonyl (C=O) groups is 1. The first-order valence-corrected chi connectivity index (χ1v) is 7.49. The maximum atomic E-state index is 12.3. The summed E-state index contributed by atoms with van der Waals surface area (Å²) in [5, 5.41) is 2.00. The molecule has 1 aliphatic heterocycles. The van der Waals surface area contributed by atoms with Gasteiger partial charge in [-0.2, -0.15) is 0 Å². The van der Waals surface area contributed by atoms with Crippen LogP contribution in [0, 0.1) is 0 Å². The molecule has 0 N–H and O–H groups in total. The van der Waals surface area contributed by atoms with E-state index in [4.69, 9.17) is 4.74 Å². The molecule has 98 valence electrons.